The fraction of sp³-hybridized carbons (Fsp3) is 0.455. The van der Waals surface area contributed by atoms with Crippen molar-refractivity contribution in [2.24, 2.45) is 0 Å². The van der Waals surface area contributed by atoms with Gasteiger partial charge in [-0.2, -0.15) is 0 Å². The summed E-state index contributed by atoms with van der Waals surface area (Å²) in [5.41, 5.74) is 3.23. The maximum atomic E-state index is 3.32. The second-order valence-electron chi connectivity index (χ2n) is 4.03. The Labute approximate surface area is 73.8 Å². The Kier molecular flexibility index (Phi) is 1.69. The summed E-state index contributed by atoms with van der Waals surface area (Å²) in [5.74, 6) is 0. The normalized spacial score (nSPS) is 20.2. The SMILES string of the molecule is Cc1cccc(C2(C)CNC2)c1. The topological polar surface area (TPSA) is 12.0 Å². The lowest BCUT2D eigenvalue weighted by Gasteiger charge is -2.40. The van der Waals surface area contributed by atoms with Crippen LogP contribution in [0.5, 0.6) is 0 Å². The Balaban J connectivity index is 2.33. The zero-order chi connectivity index (χ0) is 8.60. The largest absolute Gasteiger partial charge is 0.315 e. The van der Waals surface area contributed by atoms with E-state index in [-0.39, 0.29) is 0 Å². The van der Waals surface area contributed by atoms with Crippen molar-refractivity contribution < 1.29 is 0 Å². The van der Waals surface area contributed by atoms with Gasteiger partial charge >= 0.3 is 0 Å². The first-order valence-corrected chi connectivity index (χ1v) is 4.49. The fourth-order valence-corrected chi connectivity index (χ4v) is 1.72. The van der Waals surface area contributed by atoms with Crippen molar-refractivity contribution in [1.29, 1.82) is 0 Å². The average Bonchev–Trinajstić information content (AvgIpc) is 2.00. The molecule has 0 aromatic heterocycles. The standard InChI is InChI=1S/C11H15N/c1-9-4-3-5-10(6-9)11(2)7-12-8-11/h3-6,12H,7-8H2,1-2H3. The Bertz CT molecular complexity index is 287. The van der Waals surface area contributed by atoms with Gasteiger partial charge in [-0.25, -0.2) is 0 Å². The Morgan fingerprint density at radius 2 is 2.08 bits per heavy atom. The minimum atomic E-state index is 0.395. The Morgan fingerprint density at radius 3 is 2.58 bits per heavy atom. The quantitative estimate of drug-likeness (QED) is 0.663. The molecule has 1 aliphatic heterocycles. The number of hydrogen-bond donors (Lipinski definition) is 1. The molecule has 2 rings (SSSR count). The number of benzene rings is 1. The van der Waals surface area contributed by atoms with Gasteiger partial charge in [0.15, 0.2) is 0 Å². The zero-order valence-corrected chi connectivity index (χ0v) is 7.72. The molecule has 0 saturated carbocycles. The molecule has 1 heteroatoms. The van der Waals surface area contributed by atoms with E-state index in [1.54, 1.807) is 0 Å². The van der Waals surface area contributed by atoms with E-state index in [0.717, 1.165) is 13.1 Å². The highest BCUT2D eigenvalue weighted by molar-refractivity contribution is 5.31. The summed E-state index contributed by atoms with van der Waals surface area (Å²) in [6, 6.07) is 8.82. The van der Waals surface area contributed by atoms with Crippen LogP contribution in [0.2, 0.25) is 0 Å². The average molecular weight is 161 g/mol. The first-order valence-electron chi connectivity index (χ1n) is 4.49. The fourth-order valence-electron chi connectivity index (χ4n) is 1.72. The summed E-state index contributed by atoms with van der Waals surface area (Å²) < 4.78 is 0. The number of aryl methyl sites for hydroxylation is 1. The predicted molar refractivity (Wildman–Crippen MR) is 51.4 cm³/mol. The monoisotopic (exact) mass is 161 g/mol. The molecule has 1 saturated heterocycles. The summed E-state index contributed by atoms with van der Waals surface area (Å²) in [6.07, 6.45) is 0. The lowest BCUT2D eigenvalue weighted by atomic mass is 9.77. The van der Waals surface area contributed by atoms with Crippen LogP contribution < -0.4 is 5.32 Å². The first-order chi connectivity index (χ1) is 5.71. The van der Waals surface area contributed by atoms with E-state index < -0.39 is 0 Å². The van der Waals surface area contributed by atoms with Crippen LogP contribution in [-0.4, -0.2) is 13.1 Å². The molecule has 1 nitrogen and oxygen atoms in total. The highest BCUT2D eigenvalue weighted by Crippen LogP contribution is 2.27. The molecule has 0 atom stereocenters. The van der Waals surface area contributed by atoms with Gasteiger partial charge in [0.2, 0.25) is 0 Å². The predicted octanol–water partition coefficient (Wildman–Crippen LogP) is 1.86. The summed E-state index contributed by atoms with van der Waals surface area (Å²) in [7, 11) is 0. The van der Waals surface area contributed by atoms with E-state index in [9.17, 15) is 0 Å². The minimum Gasteiger partial charge on any atom is -0.315 e. The van der Waals surface area contributed by atoms with Crippen molar-refractivity contribution in [3.8, 4) is 0 Å². The molecule has 1 N–H and O–H groups in total. The molecule has 0 bridgehead atoms. The molecule has 1 aromatic rings. The van der Waals surface area contributed by atoms with Crippen molar-refractivity contribution in [2.75, 3.05) is 13.1 Å². The van der Waals surface area contributed by atoms with E-state index in [1.165, 1.54) is 11.1 Å². The van der Waals surface area contributed by atoms with Crippen molar-refractivity contribution in [1.82, 2.24) is 5.32 Å². The number of hydrogen-bond acceptors (Lipinski definition) is 1. The molecule has 0 aliphatic carbocycles. The van der Waals surface area contributed by atoms with Crippen LogP contribution in [0.4, 0.5) is 0 Å². The summed E-state index contributed by atoms with van der Waals surface area (Å²) in [6.45, 7) is 6.71. The molecule has 64 valence electrons. The first kappa shape index (κ1) is 7.81. The Morgan fingerprint density at radius 1 is 1.33 bits per heavy atom. The number of nitrogens with one attached hydrogen (secondary N) is 1. The third-order valence-corrected chi connectivity index (χ3v) is 2.75. The van der Waals surface area contributed by atoms with Gasteiger partial charge in [0.1, 0.15) is 0 Å². The van der Waals surface area contributed by atoms with Crippen LogP contribution in [0.25, 0.3) is 0 Å². The van der Waals surface area contributed by atoms with E-state index in [0.29, 0.717) is 5.41 Å². The third kappa shape index (κ3) is 1.14. The van der Waals surface area contributed by atoms with Gasteiger partial charge in [-0.3, -0.25) is 0 Å². The van der Waals surface area contributed by atoms with Crippen LogP contribution >= 0.6 is 0 Å². The van der Waals surface area contributed by atoms with Gasteiger partial charge in [0.05, 0.1) is 0 Å². The smallest absolute Gasteiger partial charge is 0.0174 e. The lowest BCUT2D eigenvalue weighted by Crippen LogP contribution is -2.54. The maximum absolute atomic E-state index is 3.32. The molecule has 0 unspecified atom stereocenters. The van der Waals surface area contributed by atoms with Gasteiger partial charge in [0, 0.05) is 18.5 Å². The van der Waals surface area contributed by atoms with Crippen molar-refractivity contribution in [3.63, 3.8) is 0 Å². The van der Waals surface area contributed by atoms with Gasteiger partial charge in [0.25, 0.3) is 0 Å². The second kappa shape index (κ2) is 2.60. The summed E-state index contributed by atoms with van der Waals surface area (Å²) in [4.78, 5) is 0. The molecule has 12 heavy (non-hydrogen) atoms. The van der Waals surface area contributed by atoms with E-state index >= 15 is 0 Å². The molecule has 0 amide bonds. The van der Waals surface area contributed by atoms with Gasteiger partial charge in [-0.05, 0) is 12.5 Å². The molecule has 0 radical (unpaired) electrons. The summed E-state index contributed by atoms with van der Waals surface area (Å²) in [5, 5.41) is 3.32. The lowest BCUT2D eigenvalue weighted by molar-refractivity contribution is 0.305. The van der Waals surface area contributed by atoms with Gasteiger partial charge in [-0.1, -0.05) is 36.8 Å². The molecular weight excluding hydrogens is 146 g/mol. The molecule has 1 heterocycles. The summed E-state index contributed by atoms with van der Waals surface area (Å²) >= 11 is 0. The third-order valence-electron chi connectivity index (χ3n) is 2.75. The van der Waals surface area contributed by atoms with Gasteiger partial charge < -0.3 is 5.32 Å². The molecular formula is C11H15N. The van der Waals surface area contributed by atoms with E-state index in [4.69, 9.17) is 0 Å². The molecule has 1 aliphatic rings. The highest BCUT2D eigenvalue weighted by atomic mass is 15.0. The molecule has 1 fully saturated rings. The minimum absolute atomic E-state index is 0.395. The molecule has 0 spiro atoms. The molecule has 1 aromatic carbocycles. The van der Waals surface area contributed by atoms with Crippen LogP contribution in [0.15, 0.2) is 24.3 Å². The highest BCUT2D eigenvalue weighted by Gasteiger charge is 2.33. The zero-order valence-electron chi connectivity index (χ0n) is 7.72. The maximum Gasteiger partial charge on any atom is 0.0174 e. The van der Waals surface area contributed by atoms with Crippen LogP contribution in [-0.2, 0) is 5.41 Å². The van der Waals surface area contributed by atoms with Crippen molar-refractivity contribution in [2.45, 2.75) is 19.3 Å². The Hall–Kier alpha value is -0.820. The second-order valence-corrected chi connectivity index (χ2v) is 4.03. The van der Waals surface area contributed by atoms with Crippen molar-refractivity contribution >= 4 is 0 Å². The van der Waals surface area contributed by atoms with E-state index in [1.807, 2.05) is 0 Å². The van der Waals surface area contributed by atoms with Crippen molar-refractivity contribution in [3.05, 3.63) is 35.4 Å². The van der Waals surface area contributed by atoms with Crippen LogP contribution in [0.3, 0.4) is 0 Å². The van der Waals surface area contributed by atoms with E-state index in [2.05, 4.69) is 43.4 Å². The number of rotatable bonds is 1. The van der Waals surface area contributed by atoms with Gasteiger partial charge in [-0.15, -0.1) is 0 Å². The van der Waals surface area contributed by atoms with Crippen LogP contribution in [0, 0.1) is 6.92 Å². The van der Waals surface area contributed by atoms with Crippen LogP contribution in [0.1, 0.15) is 18.1 Å².